The topological polar surface area (TPSA) is 55.6 Å². The predicted octanol–water partition coefficient (Wildman–Crippen LogP) is 2.84. The lowest BCUT2D eigenvalue weighted by atomic mass is 9.82. The van der Waals surface area contributed by atoms with Gasteiger partial charge in [-0.25, -0.2) is 0 Å². The average Bonchev–Trinajstić information content (AvgIpc) is 2.53. The van der Waals surface area contributed by atoms with Crippen molar-refractivity contribution in [2.75, 3.05) is 4.90 Å². The minimum Gasteiger partial charge on any atom is -0.478 e. The van der Waals surface area contributed by atoms with E-state index >= 15 is 0 Å². The molecule has 1 aromatic carbocycles. The highest BCUT2D eigenvalue weighted by Crippen LogP contribution is 2.48. The van der Waals surface area contributed by atoms with Crippen LogP contribution < -0.4 is 15.4 Å². The number of thiocarbonyl (C=S) groups is 1. The summed E-state index contributed by atoms with van der Waals surface area (Å²) in [5.74, 6) is 0.482. The minimum atomic E-state index is -0.407. The molecule has 4 nitrogen and oxygen atoms in total. The quantitative estimate of drug-likeness (QED) is 0.810. The van der Waals surface area contributed by atoms with Gasteiger partial charge in [0.05, 0.1) is 5.69 Å². The van der Waals surface area contributed by atoms with Crippen LogP contribution in [-0.2, 0) is 11.2 Å². The van der Waals surface area contributed by atoms with Crippen LogP contribution in [0.3, 0.4) is 0 Å². The highest BCUT2D eigenvalue weighted by Gasteiger charge is 2.46. The number of benzene rings is 1. The first-order valence-electron chi connectivity index (χ1n) is 7.76. The number of primary amides is 1. The van der Waals surface area contributed by atoms with E-state index in [1.165, 1.54) is 6.42 Å². The van der Waals surface area contributed by atoms with Crippen LogP contribution in [0.2, 0.25) is 0 Å². The summed E-state index contributed by atoms with van der Waals surface area (Å²) in [5.41, 5.74) is 7.72. The first kappa shape index (κ1) is 13.8. The van der Waals surface area contributed by atoms with Crippen molar-refractivity contribution in [3.05, 3.63) is 35.5 Å². The molecule has 4 rings (SSSR count). The van der Waals surface area contributed by atoms with Crippen molar-refractivity contribution in [1.29, 1.82) is 0 Å². The molecule has 22 heavy (non-hydrogen) atoms. The molecular formula is C17H18N2O2S. The van der Waals surface area contributed by atoms with Gasteiger partial charge in [-0.15, -0.1) is 0 Å². The van der Waals surface area contributed by atoms with Crippen LogP contribution in [-0.4, -0.2) is 16.5 Å². The Hall–Kier alpha value is -1.88. The molecule has 0 atom stereocenters. The van der Waals surface area contributed by atoms with E-state index in [-0.39, 0.29) is 5.91 Å². The van der Waals surface area contributed by atoms with Gasteiger partial charge in [-0.3, -0.25) is 4.79 Å². The van der Waals surface area contributed by atoms with E-state index in [9.17, 15) is 4.79 Å². The number of nitrogens with zero attached hydrogens (tertiary/aromatic N) is 1. The van der Waals surface area contributed by atoms with E-state index < -0.39 is 5.60 Å². The number of anilines is 1. The summed E-state index contributed by atoms with van der Waals surface area (Å²) in [6, 6.07) is 5.97. The molecule has 1 amide bonds. The van der Waals surface area contributed by atoms with Gasteiger partial charge < -0.3 is 15.4 Å². The molecule has 114 valence electrons. The highest BCUT2D eigenvalue weighted by atomic mass is 32.1. The van der Waals surface area contributed by atoms with Gasteiger partial charge in [-0.2, -0.15) is 0 Å². The average molecular weight is 314 g/mol. The standard InChI is InChI=1S/C17H18N2O2S/c18-15(20)12-9-11-5-4-6-13-14(11)19(10-12)16(22)17(21-13)7-2-1-3-8-17/h4-6,10H,1-3,7-9H2,(H2,18,20). The number of rotatable bonds is 1. The van der Waals surface area contributed by atoms with Gasteiger partial charge in [0.15, 0.2) is 5.60 Å². The van der Waals surface area contributed by atoms with Crippen LogP contribution in [0.25, 0.3) is 0 Å². The second-order valence-corrected chi connectivity index (χ2v) is 6.68. The normalized spacial score (nSPS) is 21.9. The fraction of sp³-hybridized carbons (Fsp3) is 0.412. The van der Waals surface area contributed by atoms with Crippen LogP contribution in [0.1, 0.15) is 37.7 Å². The molecule has 1 aromatic rings. The third kappa shape index (κ3) is 1.88. The summed E-state index contributed by atoms with van der Waals surface area (Å²) in [7, 11) is 0. The Bertz CT molecular complexity index is 705. The molecule has 5 heteroatoms. The number of hydrogen-bond donors (Lipinski definition) is 1. The van der Waals surface area contributed by atoms with Crippen molar-refractivity contribution in [3.8, 4) is 5.75 Å². The molecule has 2 N–H and O–H groups in total. The number of carbonyl (C=O) groups is 1. The first-order chi connectivity index (χ1) is 10.6. The molecule has 2 heterocycles. The van der Waals surface area contributed by atoms with Crippen molar-refractivity contribution < 1.29 is 9.53 Å². The van der Waals surface area contributed by atoms with E-state index in [4.69, 9.17) is 22.7 Å². The number of nitrogens with two attached hydrogens (primary N) is 1. The molecular weight excluding hydrogens is 296 g/mol. The Kier molecular flexibility index (Phi) is 3.01. The summed E-state index contributed by atoms with van der Waals surface area (Å²) in [5, 5.41) is 0. The number of ether oxygens (including phenoxy) is 1. The van der Waals surface area contributed by atoms with Crippen LogP contribution in [0.5, 0.6) is 5.75 Å². The SMILES string of the molecule is NC(=O)C1=CN2C(=S)C3(CCCCC3)Oc3cccc(c32)C1. The van der Waals surface area contributed by atoms with Gasteiger partial charge in [0.1, 0.15) is 10.7 Å². The number of hydrogen-bond acceptors (Lipinski definition) is 3. The zero-order valence-electron chi connectivity index (χ0n) is 12.3. The fourth-order valence-corrected chi connectivity index (χ4v) is 4.15. The summed E-state index contributed by atoms with van der Waals surface area (Å²) < 4.78 is 6.39. The predicted molar refractivity (Wildman–Crippen MR) is 88.9 cm³/mol. The van der Waals surface area contributed by atoms with Gasteiger partial charge >= 0.3 is 0 Å². The van der Waals surface area contributed by atoms with Gasteiger partial charge in [0.2, 0.25) is 5.91 Å². The van der Waals surface area contributed by atoms with Crippen LogP contribution >= 0.6 is 12.2 Å². The molecule has 3 aliphatic rings. The molecule has 0 radical (unpaired) electrons. The maximum Gasteiger partial charge on any atom is 0.246 e. The molecule has 0 unspecified atom stereocenters. The fourth-order valence-electron chi connectivity index (χ4n) is 3.76. The van der Waals surface area contributed by atoms with E-state index in [1.54, 1.807) is 0 Å². The summed E-state index contributed by atoms with van der Waals surface area (Å²) in [4.78, 5) is 14.4. The van der Waals surface area contributed by atoms with E-state index in [0.717, 1.165) is 47.7 Å². The largest absolute Gasteiger partial charge is 0.478 e. The molecule has 2 aliphatic heterocycles. The summed E-state index contributed by atoms with van der Waals surface area (Å²) >= 11 is 5.77. The lowest BCUT2D eigenvalue weighted by Crippen LogP contribution is -2.55. The summed E-state index contributed by atoms with van der Waals surface area (Å²) in [6.45, 7) is 0. The van der Waals surface area contributed by atoms with Gasteiger partial charge in [-0.1, -0.05) is 30.8 Å². The van der Waals surface area contributed by atoms with Crippen LogP contribution in [0.4, 0.5) is 5.69 Å². The van der Waals surface area contributed by atoms with E-state index in [1.807, 2.05) is 29.3 Å². The molecule has 1 fully saturated rings. The minimum absolute atomic E-state index is 0.386. The van der Waals surface area contributed by atoms with Crippen molar-refractivity contribution >= 4 is 28.8 Å². The summed E-state index contributed by atoms with van der Waals surface area (Å²) in [6.07, 6.45) is 7.69. The molecule has 0 saturated heterocycles. The Labute approximate surface area is 134 Å². The van der Waals surface area contributed by atoms with Crippen LogP contribution in [0.15, 0.2) is 30.0 Å². The molecule has 1 spiro atoms. The monoisotopic (exact) mass is 314 g/mol. The van der Waals surface area contributed by atoms with Gasteiger partial charge in [-0.05, 0) is 37.3 Å². The van der Waals surface area contributed by atoms with Gasteiger partial charge in [0.25, 0.3) is 0 Å². The molecule has 1 saturated carbocycles. The zero-order valence-corrected chi connectivity index (χ0v) is 13.1. The van der Waals surface area contributed by atoms with Crippen molar-refractivity contribution in [2.45, 2.75) is 44.1 Å². The lowest BCUT2D eigenvalue weighted by molar-refractivity contribution is -0.114. The number of amides is 1. The maximum atomic E-state index is 11.7. The molecule has 0 aromatic heterocycles. The van der Waals surface area contributed by atoms with Crippen molar-refractivity contribution in [1.82, 2.24) is 0 Å². The molecule has 1 aliphatic carbocycles. The van der Waals surface area contributed by atoms with Crippen LogP contribution in [0, 0.1) is 0 Å². The van der Waals surface area contributed by atoms with Crippen molar-refractivity contribution in [3.63, 3.8) is 0 Å². The second kappa shape index (κ2) is 4.81. The zero-order chi connectivity index (χ0) is 15.3. The maximum absolute atomic E-state index is 11.7. The lowest BCUT2D eigenvalue weighted by Gasteiger charge is -2.47. The smallest absolute Gasteiger partial charge is 0.246 e. The third-order valence-electron chi connectivity index (χ3n) is 4.88. The Morgan fingerprint density at radius 3 is 2.77 bits per heavy atom. The number of carbonyl (C=O) groups excluding carboxylic acids is 1. The number of para-hydroxylation sites is 1. The van der Waals surface area contributed by atoms with Crippen molar-refractivity contribution in [2.24, 2.45) is 5.73 Å². The first-order valence-corrected chi connectivity index (χ1v) is 8.17. The Morgan fingerprint density at radius 1 is 1.27 bits per heavy atom. The Morgan fingerprint density at radius 2 is 2.05 bits per heavy atom. The van der Waals surface area contributed by atoms with Gasteiger partial charge in [0, 0.05) is 18.2 Å². The van der Waals surface area contributed by atoms with E-state index in [2.05, 4.69) is 0 Å². The second-order valence-electron chi connectivity index (χ2n) is 6.29. The highest BCUT2D eigenvalue weighted by molar-refractivity contribution is 7.80. The van der Waals surface area contributed by atoms with E-state index in [0.29, 0.717) is 12.0 Å². The third-order valence-corrected chi connectivity index (χ3v) is 5.45. The Balaban J connectivity index is 1.87. The molecule has 0 bridgehead atoms.